The van der Waals surface area contributed by atoms with E-state index in [4.69, 9.17) is 5.73 Å². The second-order valence-corrected chi connectivity index (χ2v) is 3.47. The lowest BCUT2D eigenvalue weighted by atomic mass is 10.1. The number of nitrogens with zero attached hydrogens (tertiary/aromatic N) is 1. The van der Waals surface area contributed by atoms with E-state index in [-0.39, 0.29) is 11.4 Å². The molecule has 1 aromatic carbocycles. The number of halogens is 1. The normalized spacial score (nSPS) is 10.0. The van der Waals surface area contributed by atoms with Crippen molar-refractivity contribution in [3.8, 4) is 0 Å². The first-order valence-electron chi connectivity index (χ1n) is 3.78. The van der Waals surface area contributed by atoms with Gasteiger partial charge in [0, 0.05) is 10.5 Å². The van der Waals surface area contributed by atoms with Gasteiger partial charge in [-0.2, -0.15) is 0 Å². The number of hydrogen-bond acceptors (Lipinski definition) is 3. The van der Waals surface area contributed by atoms with E-state index in [1.54, 1.807) is 6.07 Å². The van der Waals surface area contributed by atoms with E-state index in [1.807, 2.05) is 6.92 Å². The SMILES string of the molecule is CCc1cc(N)c([N+](=O)[O-])cc1Br. The minimum Gasteiger partial charge on any atom is -0.393 e. The molecule has 5 heteroatoms. The van der Waals surface area contributed by atoms with Crippen molar-refractivity contribution in [3.63, 3.8) is 0 Å². The number of aryl methyl sites for hydroxylation is 1. The summed E-state index contributed by atoms with van der Waals surface area (Å²) in [7, 11) is 0. The largest absolute Gasteiger partial charge is 0.393 e. The zero-order chi connectivity index (χ0) is 10.0. The highest BCUT2D eigenvalue weighted by Crippen LogP contribution is 2.29. The maximum absolute atomic E-state index is 10.5. The molecule has 0 saturated heterocycles. The van der Waals surface area contributed by atoms with Crippen LogP contribution in [0.3, 0.4) is 0 Å². The van der Waals surface area contributed by atoms with Gasteiger partial charge in [0.25, 0.3) is 5.69 Å². The van der Waals surface area contributed by atoms with Crippen molar-refractivity contribution in [2.75, 3.05) is 5.73 Å². The fourth-order valence-corrected chi connectivity index (χ4v) is 1.67. The number of hydrogen-bond donors (Lipinski definition) is 1. The minimum atomic E-state index is -0.487. The smallest absolute Gasteiger partial charge is 0.293 e. The monoisotopic (exact) mass is 244 g/mol. The second kappa shape index (κ2) is 3.74. The van der Waals surface area contributed by atoms with Crippen molar-refractivity contribution in [3.05, 3.63) is 32.3 Å². The molecule has 0 unspecified atom stereocenters. The van der Waals surface area contributed by atoms with Gasteiger partial charge < -0.3 is 5.73 Å². The Morgan fingerprint density at radius 3 is 2.69 bits per heavy atom. The number of nitro benzene ring substituents is 1. The molecule has 0 aliphatic carbocycles. The van der Waals surface area contributed by atoms with Gasteiger partial charge in [-0.25, -0.2) is 0 Å². The van der Waals surface area contributed by atoms with Crippen LogP contribution in [0.4, 0.5) is 11.4 Å². The summed E-state index contributed by atoms with van der Waals surface area (Å²) in [5.74, 6) is 0. The molecule has 0 fully saturated rings. The highest BCUT2D eigenvalue weighted by molar-refractivity contribution is 9.10. The van der Waals surface area contributed by atoms with Gasteiger partial charge >= 0.3 is 0 Å². The number of anilines is 1. The highest BCUT2D eigenvalue weighted by Gasteiger charge is 2.13. The van der Waals surface area contributed by atoms with Crippen molar-refractivity contribution >= 4 is 27.3 Å². The molecule has 1 aromatic rings. The molecule has 0 aliphatic heterocycles. The van der Waals surface area contributed by atoms with Crippen LogP contribution in [0.2, 0.25) is 0 Å². The molecule has 2 N–H and O–H groups in total. The Morgan fingerprint density at radius 2 is 2.23 bits per heavy atom. The predicted octanol–water partition coefficient (Wildman–Crippen LogP) is 2.50. The van der Waals surface area contributed by atoms with E-state index in [1.165, 1.54) is 6.07 Å². The van der Waals surface area contributed by atoms with Crippen LogP contribution in [0.1, 0.15) is 12.5 Å². The summed E-state index contributed by atoms with van der Waals surface area (Å²) < 4.78 is 0.732. The lowest BCUT2D eigenvalue weighted by Gasteiger charge is -2.03. The highest BCUT2D eigenvalue weighted by atomic mass is 79.9. The molecule has 0 atom stereocenters. The molecule has 0 amide bonds. The zero-order valence-corrected chi connectivity index (χ0v) is 8.67. The maximum Gasteiger partial charge on any atom is 0.293 e. The predicted molar refractivity (Wildman–Crippen MR) is 54.6 cm³/mol. The first-order chi connectivity index (χ1) is 6.06. The van der Waals surface area contributed by atoms with E-state index < -0.39 is 4.92 Å². The molecular weight excluding hydrogens is 236 g/mol. The Hall–Kier alpha value is -1.10. The zero-order valence-electron chi connectivity index (χ0n) is 7.08. The maximum atomic E-state index is 10.5. The summed E-state index contributed by atoms with van der Waals surface area (Å²) in [6.45, 7) is 1.96. The van der Waals surface area contributed by atoms with E-state index in [0.717, 1.165) is 16.5 Å². The van der Waals surface area contributed by atoms with Crippen LogP contribution in [-0.4, -0.2) is 4.92 Å². The van der Waals surface area contributed by atoms with Crippen LogP contribution in [-0.2, 0) is 6.42 Å². The first kappa shape index (κ1) is 9.98. The van der Waals surface area contributed by atoms with Gasteiger partial charge in [-0.15, -0.1) is 0 Å². The van der Waals surface area contributed by atoms with Gasteiger partial charge in [0.05, 0.1) is 4.92 Å². The van der Waals surface area contributed by atoms with Crippen LogP contribution in [0.5, 0.6) is 0 Å². The van der Waals surface area contributed by atoms with Crippen LogP contribution in [0, 0.1) is 10.1 Å². The molecule has 13 heavy (non-hydrogen) atoms. The Labute approximate surface area is 84.0 Å². The van der Waals surface area contributed by atoms with Crippen LogP contribution < -0.4 is 5.73 Å². The van der Waals surface area contributed by atoms with Gasteiger partial charge in [-0.1, -0.05) is 22.9 Å². The third-order valence-electron chi connectivity index (χ3n) is 1.77. The average Bonchev–Trinajstić information content (AvgIpc) is 2.07. The summed E-state index contributed by atoms with van der Waals surface area (Å²) in [4.78, 5) is 9.99. The van der Waals surface area contributed by atoms with Crippen molar-refractivity contribution < 1.29 is 4.92 Å². The molecule has 0 saturated carbocycles. The van der Waals surface area contributed by atoms with Crippen molar-refractivity contribution in [1.82, 2.24) is 0 Å². The number of nitrogens with two attached hydrogens (primary N) is 1. The van der Waals surface area contributed by atoms with Crippen LogP contribution in [0.25, 0.3) is 0 Å². The molecule has 4 nitrogen and oxygen atoms in total. The standard InChI is InChI=1S/C8H9BrN2O2/c1-2-5-3-7(10)8(11(12)13)4-6(5)9/h3-4H,2,10H2,1H3. The van der Waals surface area contributed by atoms with E-state index in [9.17, 15) is 10.1 Å². The second-order valence-electron chi connectivity index (χ2n) is 2.61. The summed E-state index contributed by atoms with van der Waals surface area (Å²) in [5.41, 5.74) is 6.64. The molecule has 0 heterocycles. The van der Waals surface area contributed by atoms with Gasteiger partial charge in [0.1, 0.15) is 5.69 Å². The van der Waals surface area contributed by atoms with Crippen LogP contribution >= 0.6 is 15.9 Å². The Balaban J connectivity index is 3.28. The number of nitro groups is 1. The Bertz CT molecular complexity index is 352. The first-order valence-corrected chi connectivity index (χ1v) is 4.57. The lowest BCUT2D eigenvalue weighted by Crippen LogP contribution is -1.97. The molecule has 70 valence electrons. The third kappa shape index (κ3) is 1.98. The number of rotatable bonds is 2. The average molecular weight is 245 g/mol. The topological polar surface area (TPSA) is 69.2 Å². The number of nitrogen functional groups attached to an aromatic ring is 1. The van der Waals surface area contributed by atoms with Gasteiger partial charge in [0.2, 0.25) is 0 Å². The van der Waals surface area contributed by atoms with Gasteiger partial charge in [-0.3, -0.25) is 10.1 Å². The van der Waals surface area contributed by atoms with Crippen molar-refractivity contribution in [2.45, 2.75) is 13.3 Å². The molecule has 0 aromatic heterocycles. The quantitative estimate of drug-likeness (QED) is 0.494. The summed E-state index contributed by atoms with van der Waals surface area (Å²) in [5, 5.41) is 10.5. The van der Waals surface area contributed by atoms with Crippen molar-refractivity contribution in [1.29, 1.82) is 0 Å². The van der Waals surface area contributed by atoms with Crippen LogP contribution in [0.15, 0.2) is 16.6 Å². The minimum absolute atomic E-state index is 0.0518. The summed E-state index contributed by atoms with van der Waals surface area (Å²) in [6, 6.07) is 3.07. The molecule has 1 rings (SSSR count). The molecule has 0 radical (unpaired) electrons. The third-order valence-corrected chi connectivity index (χ3v) is 2.51. The fourth-order valence-electron chi connectivity index (χ4n) is 1.06. The molecule has 0 spiro atoms. The van der Waals surface area contributed by atoms with E-state index in [0.29, 0.717) is 0 Å². The van der Waals surface area contributed by atoms with E-state index >= 15 is 0 Å². The Morgan fingerprint density at radius 1 is 1.62 bits per heavy atom. The molecule has 0 bridgehead atoms. The molecular formula is C8H9BrN2O2. The lowest BCUT2D eigenvalue weighted by molar-refractivity contribution is -0.384. The van der Waals surface area contributed by atoms with E-state index in [2.05, 4.69) is 15.9 Å². The summed E-state index contributed by atoms with van der Waals surface area (Å²) >= 11 is 3.25. The van der Waals surface area contributed by atoms with Gasteiger partial charge in [0.15, 0.2) is 0 Å². The Kier molecular flexibility index (Phi) is 2.87. The van der Waals surface area contributed by atoms with Gasteiger partial charge in [-0.05, 0) is 18.1 Å². The number of benzene rings is 1. The van der Waals surface area contributed by atoms with Crippen molar-refractivity contribution in [2.24, 2.45) is 0 Å². The fraction of sp³-hybridized carbons (Fsp3) is 0.250. The summed E-state index contributed by atoms with van der Waals surface area (Å²) in [6.07, 6.45) is 0.794. The molecule has 0 aliphatic rings.